The molecule has 2 aromatic rings. The number of aromatic nitrogens is 3. The Morgan fingerprint density at radius 1 is 1.31 bits per heavy atom. The van der Waals surface area contributed by atoms with E-state index in [2.05, 4.69) is 10.1 Å². The molecule has 0 atom stereocenters. The van der Waals surface area contributed by atoms with Crippen LogP contribution < -0.4 is 4.74 Å². The van der Waals surface area contributed by atoms with Crippen molar-refractivity contribution >= 4 is 0 Å². The maximum absolute atomic E-state index is 5.63. The highest BCUT2D eigenvalue weighted by Crippen LogP contribution is 2.12. The number of hydrogen-bond acceptors (Lipinski definition) is 3. The first-order chi connectivity index (χ1) is 7.65. The van der Waals surface area contributed by atoms with Crippen LogP contribution in [0, 0.1) is 13.8 Å². The van der Waals surface area contributed by atoms with Gasteiger partial charge in [-0.25, -0.2) is 0 Å². The van der Waals surface area contributed by atoms with E-state index in [4.69, 9.17) is 4.74 Å². The number of ether oxygens (including phenoxy) is 1. The first kappa shape index (κ1) is 10.7. The standard InChI is InChI=1S/C12H15N3O/c1-9-6-12(4-5-13-9)16-8-11-7-10(2)15(3)14-11/h4-7H,8H2,1-3H3. The van der Waals surface area contributed by atoms with Gasteiger partial charge in [-0.2, -0.15) is 5.10 Å². The molecule has 0 aromatic carbocycles. The van der Waals surface area contributed by atoms with Gasteiger partial charge in [-0.05, 0) is 26.0 Å². The van der Waals surface area contributed by atoms with Crippen LogP contribution in [0.5, 0.6) is 5.75 Å². The number of rotatable bonds is 3. The molecule has 2 aromatic heterocycles. The van der Waals surface area contributed by atoms with Crippen LogP contribution in [0.1, 0.15) is 17.1 Å². The van der Waals surface area contributed by atoms with Crippen molar-refractivity contribution in [1.29, 1.82) is 0 Å². The molecule has 84 valence electrons. The van der Waals surface area contributed by atoms with Crippen LogP contribution in [0.2, 0.25) is 0 Å². The molecule has 0 amide bonds. The maximum atomic E-state index is 5.63. The molecule has 0 saturated carbocycles. The number of nitrogens with zero attached hydrogens (tertiary/aromatic N) is 3. The van der Waals surface area contributed by atoms with Gasteiger partial charge in [-0.1, -0.05) is 0 Å². The molecule has 16 heavy (non-hydrogen) atoms. The van der Waals surface area contributed by atoms with Gasteiger partial charge in [0.1, 0.15) is 18.1 Å². The van der Waals surface area contributed by atoms with Crippen molar-refractivity contribution in [3.8, 4) is 5.75 Å². The zero-order valence-electron chi connectivity index (χ0n) is 9.77. The molecule has 0 unspecified atom stereocenters. The van der Waals surface area contributed by atoms with E-state index in [0.717, 1.165) is 22.8 Å². The first-order valence-electron chi connectivity index (χ1n) is 5.20. The van der Waals surface area contributed by atoms with E-state index >= 15 is 0 Å². The molecule has 0 aliphatic rings. The molecule has 0 aliphatic carbocycles. The van der Waals surface area contributed by atoms with Crippen LogP contribution >= 0.6 is 0 Å². The topological polar surface area (TPSA) is 39.9 Å². The van der Waals surface area contributed by atoms with E-state index in [1.54, 1.807) is 6.20 Å². The lowest BCUT2D eigenvalue weighted by Gasteiger charge is -2.03. The van der Waals surface area contributed by atoms with Crippen LogP contribution in [0.3, 0.4) is 0 Å². The zero-order chi connectivity index (χ0) is 11.5. The highest BCUT2D eigenvalue weighted by atomic mass is 16.5. The minimum absolute atomic E-state index is 0.491. The second-order valence-electron chi connectivity index (χ2n) is 3.82. The van der Waals surface area contributed by atoms with Crippen molar-refractivity contribution in [3.05, 3.63) is 41.5 Å². The molecule has 0 radical (unpaired) electrons. The lowest BCUT2D eigenvalue weighted by atomic mass is 10.3. The molecule has 2 rings (SSSR count). The summed E-state index contributed by atoms with van der Waals surface area (Å²) in [6, 6.07) is 5.78. The van der Waals surface area contributed by atoms with Crippen LogP contribution in [-0.4, -0.2) is 14.8 Å². The summed E-state index contributed by atoms with van der Waals surface area (Å²) >= 11 is 0. The third kappa shape index (κ3) is 2.39. The lowest BCUT2D eigenvalue weighted by Crippen LogP contribution is -1.98. The fourth-order valence-electron chi connectivity index (χ4n) is 1.47. The smallest absolute Gasteiger partial charge is 0.132 e. The minimum Gasteiger partial charge on any atom is -0.487 e. The van der Waals surface area contributed by atoms with Gasteiger partial charge in [0.15, 0.2) is 0 Å². The Kier molecular flexibility index (Phi) is 2.90. The predicted molar refractivity (Wildman–Crippen MR) is 61.3 cm³/mol. The Labute approximate surface area is 94.9 Å². The SMILES string of the molecule is Cc1cc(OCc2cc(C)n(C)n2)ccn1. The van der Waals surface area contributed by atoms with E-state index in [1.165, 1.54) is 0 Å². The van der Waals surface area contributed by atoms with Crippen LogP contribution in [0.15, 0.2) is 24.4 Å². The average molecular weight is 217 g/mol. The predicted octanol–water partition coefficient (Wildman–Crippen LogP) is 2.01. The molecule has 0 spiro atoms. The van der Waals surface area contributed by atoms with Gasteiger partial charge in [0.2, 0.25) is 0 Å². The summed E-state index contributed by atoms with van der Waals surface area (Å²) in [6.07, 6.45) is 1.74. The van der Waals surface area contributed by atoms with Gasteiger partial charge in [-0.3, -0.25) is 9.67 Å². The molecule has 2 heterocycles. The summed E-state index contributed by atoms with van der Waals surface area (Å²) < 4.78 is 7.47. The molecule has 0 bridgehead atoms. The molecule has 4 nitrogen and oxygen atoms in total. The first-order valence-corrected chi connectivity index (χ1v) is 5.20. The van der Waals surface area contributed by atoms with Crippen LogP contribution in [0.4, 0.5) is 0 Å². The quantitative estimate of drug-likeness (QED) is 0.789. The van der Waals surface area contributed by atoms with Crippen LogP contribution in [0.25, 0.3) is 0 Å². The van der Waals surface area contributed by atoms with Gasteiger partial charge in [0.05, 0.1) is 0 Å². The van der Waals surface area contributed by atoms with Gasteiger partial charge >= 0.3 is 0 Å². The van der Waals surface area contributed by atoms with E-state index in [9.17, 15) is 0 Å². The summed E-state index contributed by atoms with van der Waals surface area (Å²) in [7, 11) is 1.93. The van der Waals surface area contributed by atoms with E-state index in [-0.39, 0.29) is 0 Å². The van der Waals surface area contributed by atoms with Crippen LogP contribution in [-0.2, 0) is 13.7 Å². The lowest BCUT2D eigenvalue weighted by molar-refractivity contribution is 0.299. The van der Waals surface area contributed by atoms with Gasteiger partial charge in [-0.15, -0.1) is 0 Å². The van der Waals surface area contributed by atoms with E-state index in [0.29, 0.717) is 6.61 Å². The van der Waals surface area contributed by atoms with Crippen molar-refractivity contribution in [2.75, 3.05) is 0 Å². The normalized spacial score (nSPS) is 10.4. The highest BCUT2D eigenvalue weighted by molar-refractivity contribution is 5.22. The van der Waals surface area contributed by atoms with Crippen molar-refractivity contribution in [3.63, 3.8) is 0 Å². The van der Waals surface area contributed by atoms with Crippen molar-refractivity contribution in [2.24, 2.45) is 7.05 Å². The molecule has 0 N–H and O–H groups in total. The molecule has 4 heteroatoms. The Balaban J connectivity index is 2.02. The van der Waals surface area contributed by atoms with Gasteiger partial charge in [0, 0.05) is 30.7 Å². The largest absolute Gasteiger partial charge is 0.487 e. The summed E-state index contributed by atoms with van der Waals surface area (Å²) in [6.45, 7) is 4.45. The Hall–Kier alpha value is -1.84. The average Bonchev–Trinajstić information content (AvgIpc) is 2.56. The number of aryl methyl sites for hydroxylation is 3. The molecule has 0 saturated heterocycles. The minimum atomic E-state index is 0.491. The monoisotopic (exact) mass is 217 g/mol. The fraction of sp³-hybridized carbons (Fsp3) is 0.333. The molecular weight excluding hydrogens is 202 g/mol. The molecule has 0 fully saturated rings. The second kappa shape index (κ2) is 4.35. The maximum Gasteiger partial charge on any atom is 0.132 e. The van der Waals surface area contributed by atoms with E-state index < -0.39 is 0 Å². The summed E-state index contributed by atoms with van der Waals surface area (Å²) in [4.78, 5) is 4.11. The Morgan fingerprint density at radius 2 is 2.12 bits per heavy atom. The fourth-order valence-corrected chi connectivity index (χ4v) is 1.47. The number of pyridine rings is 1. The summed E-state index contributed by atoms with van der Waals surface area (Å²) in [5.74, 6) is 0.829. The summed E-state index contributed by atoms with van der Waals surface area (Å²) in [5, 5.41) is 4.32. The molecular formula is C12H15N3O. The Bertz CT molecular complexity index is 471. The second-order valence-corrected chi connectivity index (χ2v) is 3.82. The van der Waals surface area contributed by atoms with Gasteiger partial charge < -0.3 is 4.74 Å². The zero-order valence-corrected chi connectivity index (χ0v) is 9.77. The number of hydrogen-bond donors (Lipinski definition) is 0. The Morgan fingerprint density at radius 3 is 2.75 bits per heavy atom. The van der Waals surface area contributed by atoms with Crippen molar-refractivity contribution < 1.29 is 4.74 Å². The van der Waals surface area contributed by atoms with Gasteiger partial charge in [0.25, 0.3) is 0 Å². The third-order valence-corrected chi connectivity index (χ3v) is 2.42. The van der Waals surface area contributed by atoms with Crippen molar-refractivity contribution in [1.82, 2.24) is 14.8 Å². The summed E-state index contributed by atoms with van der Waals surface area (Å²) in [5.41, 5.74) is 3.02. The van der Waals surface area contributed by atoms with Crippen molar-refractivity contribution in [2.45, 2.75) is 20.5 Å². The van der Waals surface area contributed by atoms with E-state index in [1.807, 2.05) is 43.8 Å². The third-order valence-electron chi connectivity index (χ3n) is 2.42. The highest BCUT2D eigenvalue weighted by Gasteiger charge is 2.02. The molecule has 0 aliphatic heterocycles.